The monoisotopic (exact) mass is 485 g/mol. The summed E-state index contributed by atoms with van der Waals surface area (Å²) >= 11 is 0. The highest BCUT2D eigenvalue weighted by molar-refractivity contribution is 5.95. The Labute approximate surface area is 213 Å². The van der Waals surface area contributed by atoms with E-state index in [-0.39, 0.29) is 24.9 Å². The molecule has 0 spiro atoms. The molecular weight excluding hydrogens is 450 g/mol. The molecule has 0 unspecified atom stereocenters. The zero-order valence-electron chi connectivity index (χ0n) is 21.0. The fourth-order valence-corrected chi connectivity index (χ4v) is 4.00. The van der Waals surface area contributed by atoms with Gasteiger partial charge in [-0.2, -0.15) is 0 Å². The number of carbonyl (C=O) groups is 1. The largest absolute Gasteiger partial charge is 0.507 e. The van der Waals surface area contributed by atoms with Crippen molar-refractivity contribution in [1.29, 1.82) is 0 Å². The smallest absolute Gasteiger partial charge is 0.251 e. The summed E-state index contributed by atoms with van der Waals surface area (Å²) in [6.45, 7) is 4.48. The fourth-order valence-electron chi connectivity index (χ4n) is 4.00. The lowest BCUT2D eigenvalue weighted by Gasteiger charge is -2.14. The summed E-state index contributed by atoms with van der Waals surface area (Å²) in [4.78, 5) is 12.8. The van der Waals surface area contributed by atoms with Gasteiger partial charge in [-0.1, -0.05) is 61.6 Å². The summed E-state index contributed by atoms with van der Waals surface area (Å²) in [7, 11) is 0. The molecule has 3 aromatic carbocycles. The first-order valence-corrected chi connectivity index (χ1v) is 12.4. The van der Waals surface area contributed by atoms with Gasteiger partial charge in [0.1, 0.15) is 18.1 Å². The number of phenols is 1. The molecule has 0 radical (unpaired) electrons. The van der Waals surface area contributed by atoms with Gasteiger partial charge in [-0.15, -0.1) is 0 Å². The first-order chi connectivity index (χ1) is 17.6. The van der Waals surface area contributed by atoms with Crippen molar-refractivity contribution in [2.45, 2.75) is 33.1 Å². The van der Waals surface area contributed by atoms with E-state index < -0.39 is 0 Å². The van der Waals surface area contributed by atoms with Crippen LogP contribution in [0, 0.1) is 0 Å². The van der Waals surface area contributed by atoms with Crippen LogP contribution in [0.4, 0.5) is 0 Å². The first kappa shape index (κ1) is 26.8. The molecule has 188 valence electrons. The quantitative estimate of drug-likeness (QED) is 0.353. The highest BCUT2D eigenvalue weighted by atomic mass is 16.5. The minimum absolute atomic E-state index is 0.0976. The second-order valence-corrected chi connectivity index (χ2v) is 8.43. The molecule has 0 bridgehead atoms. The summed E-state index contributed by atoms with van der Waals surface area (Å²) in [6, 6.07) is 19.2. The van der Waals surface area contributed by atoms with Crippen molar-refractivity contribution >= 4 is 18.1 Å². The molecule has 1 amide bonds. The molecule has 3 rings (SSSR count). The van der Waals surface area contributed by atoms with Crippen LogP contribution in [0.2, 0.25) is 0 Å². The number of phenolic OH excluding ortho intramolecular Hbond substituents is 1. The van der Waals surface area contributed by atoms with Crippen LogP contribution in [0.1, 0.15) is 42.6 Å². The van der Waals surface area contributed by atoms with Crippen molar-refractivity contribution in [3.63, 3.8) is 0 Å². The molecule has 0 aliphatic heterocycles. The Balaban J connectivity index is 1.86. The number of allylic oxidation sites excluding steroid dienone is 2. The predicted molar refractivity (Wildman–Crippen MR) is 147 cm³/mol. The number of hydrogen-bond donors (Lipinski definition) is 3. The van der Waals surface area contributed by atoms with Crippen molar-refractivity contribution in [2.75, 3.05) is 19.8 Å². The Morgan fingerprint density at radius 2 is 1.89 bits per heavy atom. The fraction of sp³-hybridized carbons (Fsp3) is 0.258. The van der Waals surface area contributed by atoms with Crippen LogP contribution in [0.3, 0.4) is 0 Å². The normalized spacial score (nSPS) is 12.3. The van der Waals surface area contributed by atoms with Crippen molar-refractivity contribution in [2.24, 2.45) is 0 Å². The van der Waals surface area contributed by atoms with Crippen LogP contribution in [0.25, 0.3) is 23.3 Å². The van der Waals surface area contributed by atoms with E-state index in [4.69, 9.17) is 4.74 Å². The van der Waals surface area contributed by atoms with E-state index in [0.29, 0.717) is 17.9 Å². The number of carbonyl (C=O) groups excluding carboxylic acids is 1. The van der Waals surface area contributed by atoms with Crippen LogP contribution in [-0.2, 0) is 6.42 Å². The SMILES string of the molecule is C\C=C/C=c1/cc(-c2ccc(C(=O)NCCCc3ccccc3)cc2OCCO)cc(O)/c1=C\CC. The van der Waals surface area contributed by atoms with Gasteiger partial charge in [0.05, 0.1) is 6.61 Å². The topological polar surface area (TPSA) is 78.8 Å². The van der Waals surface area contributed by atoms with Crippen LogP contribution >= 0.6 is 0 Å². The van der Waals surface area contributed by atoms with Gasteiger partial charge in [0, 0.05) is 22.9 Å². The van der Waals surface area contributed by atoms with Gasteiger partial charge in [0.15, 0.2) is 0 Å². The van der Waals surface area contributed by atoms with Crippen molar-refractivity contribution < 1.29 is 19.7 Å². The zero-order chi connectivity index (χ0) is 25.8. The molecule has 0 aliphatic rings. The minimum atomic E-state index is -0.179. The van der Waals surface area contributed by atoms with E-state index in [0.717, 1.165) is 40.8 Å². The van der Waals surface area contributed by atoms with Gasteiger partial charge in [0.2, 0.25) is 0 Å². The third kappa shape index (κ3) is 7.33. The molecule has 5 nitrogen and oxygen atoms in total. The van der Waals surface area contributed by atoms with E-state index in [1.54, 1.807) is 18.2 Å². The average molecular weight is 486 g/mol. The lowest BCUT2D eigenvalue weighted by Crippen LogP contribution is -2.25. The van der Waals surface area contributed by atoms with E-state index in [1.807, 2.05) is 68.5 Å². The Bertz CT molecular complexity index is 1300. The van der Waals surface area contributed by atoms with Gasteiger partial charge in [0.25, 0.3) is 5.91 Å². The zero-order valence-corrected chi connectivity index (χ0v) is 21.0. The highest BCUT2D eigenvalue weighted by Gasteiger charge is 2.13. The second kappa shape index (κ2) is 13.9. The van der Waals surface area contributed by atoms with Gasteiger partial charge < -0.3 is 20.3 Å². The van der Waals surface area contributed by atoms with Crippen LogP contribution in [0.5, 0.6) is 11.5 Å². The summed E-state index contributed by atoms with van der Waals surface area (Å²) in [6.07, 6.45) is 10.3. The molecule has 0 heterocycles. The maximum absolute atomic E-state index is 12.8. The average Bonchev–Trinajstić information content (AvgIpc) is 2.90. The third-order valence-corrected chi connectivity index (χ3v) is 5.74. The van der Waals surface area contributed by atoms with Gasteiger partial charge >= 0.3 is 0 Å². The summed E-state index contributed by atoms with van der Waals surface area (Å²) in [5.41, 5.74) is 3.22. The summed E-state index contributed by atoms with van der Waals surface area (Å²) in [5.74, 6) is 0.476. The highest BCUT2D eigenvalue weighted by Crippen LogP contribution is 2.31. The molecule has 3 aromatic rings. The summed E-state index contributed by atoms with van der Waals surface area (Å²) < 4.78 is 5.81. The maximum Gasteiger partial charge on any atom is 0.251 e. The molecule has 0 saturated heterocycles. The number of hydrogen-bond acceptors (Lipinski definition) is 4. The number of rotatable bonds is 11. The van der Waals surface area contributed by atoms with E-state index in [1.165, 1.54) is 5.56 Å². The van der Waals surface area contributed by atoms with Gasteiger partial charge in [-0.3, -0.25) is 4.79 Å². The maximum atomic E-state index is 12.8. The Hall–Kier alpha value is -3.83. The van der Waals surface area contributed by atoms with Gasteiger partial charge in [-0.05, 0) is 72.9 Å². The molecule has 0 atom stereocenters. The van der Waals surface area contributed by atoms with Crippen LogP contribution in [-0.4, -0.2) is 35.9 Å². The number of benzene rings is 3. The number of aromatic hydroxyl groups is 1. The molecule has 0 saturated carbocycles. The molecule has 3 N–H and O–H groups in total. The van der Waals surface area contributed by atoms with Crippen molar-refractivity contribution in [3.8, 4) is 22.6 Å². The van der Waals surface area contributed by atoms with Crippen LogP contribution in [0.15, 0.2) is 72.8 Å². The number of amides is 1. The molecule has 0 aromatic heterocycles. The number of nitrogens with one attached hydrogen (secondary N) is 1. The molecule has 0 aliphatic carbocycles. The van der Waals surface area contributed by atoms with E-state index in [9.17, 15) is 15.0 Å². The molecule has 36 heavy (non-hydrogen) atoms. The Morgan fingerprint density at radius 1 is 1.08 bits per heavy atom. The van der Waals surface area contributed by atoms with E-state index >= 15 is 0 Å². The third-order valence-electron chi connectivity index (χ3n) is 5.74. The van der Waals surface area contributed by atoms with Crippen molar-refractivity contribution in [1.82, 2.24) is 5.32 Å². The number of aliphatic hydroxyl groups is 1. The number of ether oxygens (including phenoxy) is 1. The Morgan fingerprint density at radius 3 is 2.61 bits per heavy atom. The lowest BCUT2D eigenvalue weighted by molar-refractivity contribution is 0.0952. The lowest BCUT2D eigenvalue weighted by atomic mass is 9.99. The second-order valence-electron chi connectivity index (χ2n) is 8.43. The molecule has 0 fully saturated rings. The molecule has 5 heteroatoms. The minimum Gasteiger partial charge on any atom is -0.507 e. The number of aryl methyl sites for hydroxylation is 1. The molecular formula is C31H35NO4. The summed E-state index contributed by atoms with van der Waals surface area (Å²) in [5, 5.41) is 24.7. The van der Waals surface area contributed by atoms with Crippen LogP contribution < -0.4 is 20.5 Å². The standard InChI is InChI=1S/C31H35NO4/c1-3-5-14-24-20-26(21-29(34)27(24)10-4-2)28-16-15-25(22-30(28)36-19-18-33)31(35)32-17-9-13-23-11-7-6-8-12-23/h3,5-8,10-12,14-16,20-22,33-34H,4,9,13,17-19H2,1-2H3,(H,32,35)/b5-3-,24-14-,27-10-. The van der Waals surface area contributed by atoms with E-state index in [2.05, 4.69) is 17.4 Å². The predicted octanol–water partition coefficient (Wildman–Crippen LogP) is 4.34. The number of aliphatic hydroxyl groups excluding tert-OH is 1. The first-order valence-electron chi connectivity index (χ1n) is 12.4. The Kier molecular flexibility index (Phi) is 10.3. The van der Waals surface area contributed by atoms with Crippen molar-refractivity contribution in [3.05, 3.63) is 94.4 Å². The van der Waals surface area contributed by atoms with Gasteiger partial charge in [-0.25, -0.2) is 0 Å².